The van der Waals surface area contributed by atoms with Gasteiger partial charge >= 0.3 is 0 Å². The van der Waals surface area contributed by atoms with Crippen molar-refractivity contribution in [3.63, 3.8) is 0 Å². The third-order valence-corrected chi connectivity index (χ3v) is 6.44. The number of pyridine rings is 1. The minimum atomic E-state index is -3.79. The molecule has 1 amide bonds. The summed E-state index contributed by atoms with van der Waals surface area (Å²) >= 11 is 0. The Bertz CT molecular complexity index is 1430. The molecule has 0 saturated heterocycles. The van der Waals surface area contributed by atoms with Crippen molar-refractivity contribution < 1.29 is 22.3 Å². The van der Waals surface area contributed by atoms with E-state index in [0.29, 0.717) is 17.0 Å². The van der Waals surface area contributed by atoms with Crippen LogP contribution >= 0.6 is 0 Å². The zero-order chi connectivity index (χ0) is 24.8. The molecule has 0 fully saturated rings. The number of ether oxygens (including phenoxy) is 1. The summed E-state index contributed by atoms with van der Waals surface area (Å²) in [6, 6.07) is 20.3. The van der Waals surface area contributed by atoms with Crippen LogP contribution in [0.2, 0.25) is 0 Å². The van der Waals surface area contributed by atoms with Crippen LogP contribution in [-0.4, -0.2) is 19.3 Å². The molecule has 3 aromatic carbocycles. The summed E-state index contributed by atoms with van der Waals surface area (Å²) in [5, 5.41) is 2.69. The minimum Gasteiger partial charge on any atom is -0.453 e. The number of aromatic nitrogens is 1. The normalized spacial score (nSPS) is 11.0. The number of aryl methyl sites for hydroxylation is 1. The summed E-state index contributed by atoms with van der Waals surface area (Å²) in [5.41, 5.74) is 2.27. The molecular weight excluding hydrogens is 469 g/mol. The molecule has 1 aromatic heterocycles. The van der Waals surface area contributed by atoms with Gasteiger partial charge in [0.05, 0.1) is 11.1 Å². The molecule has 1 heterocycles. The van der Waals surface area contributed by atoms with Gasteiger partial charge in [0.2, 0.25) is 0 Å². The van der Waals surface area contributed by atoms with Crippen molar-refractivity contribution in [1.29, 1.82) is 0 Å². The molecule has 0 radical (unpaired) electrons. The van der Waals surface area contributed by atoms with E-state index < -0.39 is 21.7 Å². The Labute approximate surface area is 202 Å². The van der Waals surface area contributed by atoms with Gasteiger partial charge in [0.15, 0.2) is 11.6 Å². The number of hydrogen-bond donors (Lipinski definition) is 2. The number of carbonyl (C=O) groups is 1. The average molecular weight is 492 g/mol. The zero-order valence-electron chi connectivity index (χ0n) is 18.7. The second-order valence-corrected chi connectivity index (χ2v) is 9.42. The van der Waals surface area contributed by atoms with Gasteiger partial charge in [0, 0.05) is 24.0 Å². The fourth-order valence-corrected chi connectivity index (χ4v) is 4.24. The van der Waals surface area contributed by atoms with Crippen LogP contribution in [0.3, 0.4) is 0 Å². The third-order valence-electron chi connectivity index (χ3n) is 5.04. The number of nitrogens with one attached hydrogen (secondary N) is 2. The number of sulfonamides is 1. The highest BCUT2D eigenvalue weighted by Crippen LogP contribution is 2.24. The lowest BCUT2D eigenvalue weighted by molar-refractivity contribution is 0.0950. The molecule has 0 spiro atoms. The Morgan fingerprint density at radius 2 is 1.74 bits per heavy atom. The molecule has 35 heavy (non-hydrogen) atoms. The van der Waals surface area contributed by atoms with Gasteiger partial charge in [-0.05, 0) is 73.2 Å². The lowest BCUT2D eigenvalue weighted by Gasteiger charge is -2.10. The zero-order valence-corrected chi connectivity index (χ0v) is 19.6. The second-order valence-electron chi connectivity index (χ2n) is 7.73. The molecule has 0 bridgehead atoms. The highest BCUT2D eigenvalue weighted by atomic mass is 32.2. The van der Waals surface area contributed by atoms with E-state index >= 15 is 0 Å². The van der Waals surface area contributed by atoms with E-state index in [4.69, 9.17) is 4.74 Å². The van der Waals surface area contributed by atoms with Crippen molar-refractivity contribution in [2.75, 3.05) is 4.72 Å². The molecule has 7 nitrogen and oxygen atoms in total. The molecule has 9 heteroatoms. The van der Waals surface area contributed by atoms with E-state index in [1.807, 2.05) is 6.92 Å². The number of rotatable bonds is 8. The summed E-state index contributed by atoms with van der Waals surface area (Å²) < 4.78 is 47.5. The maximum absolute atomic E-state index is 14.4. The fraction of sp³-hybridized carbons (Fsp3) is 0.0769. The Kier molecular flexibility index (Phi) is 7.07. The summed E-state index contributed by atoms with van der Waals surface area (Å²) in [7, 11) is -3.79. The largest absolute Gasteiger partial charge is 0.453 e. The van der Waals surface area contributed by atoms with E-state index in [1.165, 1.54) is 42.6 Å². The van der Waals surface area contributed by atoms with Gasteiger partial charge in [-0.1, -0.05) is 23.8 Å². The smallest absolute Gasteiger partial charge is 0.261 e. The predicted molar refractivity (Wildman–Crippen MR) is 130 cm³/mol. The van der Waals surface area contributed by atoms with Crippen LogP contribution < -0.4 is 14.8 Å². The van der Waals surface area contributed by atoms with Crippen LogP contribution in [-0.2, 0) is 16.6 Å². The second kappa shape index (κ2) is 10.4. The average Bonchev–Trinajstić information content (AvgIpc) is 2.86. The van der Waals surface area contributed by atoms with Crippen LogP contribution in [0.5, 0.6) is 11.5 Å². The van der Waals surface area contributed by atoms with E-state index in [-0.39, 0.29) is 22.8 Å². The van der Waals surface area contributed by atoms with Crippen LogP contribution in [0, 0.1) is 12.7 Å². The number of halogens is 1. The molecule has 4 aromatic rings. The number of benzene rings is 3. The molecule has 2 N–H and O–H groups in total. The van der Waals surface area contributed by atoms with Gasteiger partial charge in [-0.25, -0.2) is 12.8 Å². The molecule has 0 aliphatic heterocycles. The monoisotopic (exact) mass is 491 g/mol. The number of nitrogens with zero attached hydrogens (tertiary/aromatic N) is 1. The SMILES string of the molecule is Cc1ccc(NS(=O)(=O)c2ccc(C(=O)NCc3ccc(Oc4cccnc4)c(F)c3)cc2)cc1. The lowest BCUT2D eigenvalue weighted by Crippen LogP contribution is -2.23. The van der Waals surface area contributed by atoms with Gasteiger partial charge < -0.3 is 10.1 Å². The van der Waals surface area contributed by atoms with E-state index in [0.717, 1.165) is 5.56 Å². The number of carbonyl (C=O) groups excluding carboxylic acids is 1. The summed E-state index contributed by atoms with van der Waals surface area (Å²) in [5.74, 6) is -0.538. The van der Waals surface area contributed by atoms with Crippen LogP contribution in [0.1, 0.15) is 21.5 Å². The fourth-order valence-electron chi connectivity index (χ4n) is 3.18. The van der Waals surface area contributed by atoms with Crippen LogP contribution in [0.25, 0.3) is 0 Å². The first kappa shape index (κ1) is 23.9. The van der Waals surface area contributed by atoms with Crippen molar-refractivity contribution in [1.82, 2.24) is 10.3 Å². The molecule has 0 unspecified atom stereocenters. The van der Waals surface area contributed by atoms with E-state index in [2.05, 4.69) is 15.0 Å². The van der Waals surface area contributed by atoms with Crippen molar-refractivity contribution in [2.24, 2.45) is 0 Å². The summed E-state index contributed by atoms with van der Waals surface area (Å²) in [4.78, 5) is 16.4. The van der Waals surface area contributed by atoms with Crippen LogP contribution in [0.15, 0.2) is 96.2 Å². The number of anilines is 1. The first-order chi connectivity index (χ1) is 16.8. The minimum absolute atomic E-state index is 0.0286. The van der Waals surface area contributed by atoms with Crippen molar-refractivity contribution >= 4 is 21.6 Å². The summed E-state index contributed by atoms with van der Waals surface area (Å²) in [6.07, 6.45) is 3.06. The molecule has 4 rings (SSSR count). The first-order valence-corrected chi connectivity index (χ1v) is 12.1. The van der Waals surface area contributed by atoms with Gasteiger partial charge in [-0.15, -0.1) is 0 Å². The Morgan fingerprint density at radius 3 is 2.40 bits per heavy atom. The van der Waals surface area contributed by atoms with Gasteiger partial charge in [-0.3, -0.25) is 14.5 Å². The molecule has 0 aliphatic carbocycles. The molecule has 0 atom stereocenters. The van der Waals surface area contributed by atoms with Gasteiger partial charge in [-0.2, -0.15) is 0 Å². The molecule has 0 aliphatic rings. The topological polar surface area (TPSA) is 97.4 Å². The lowest BCUT2D eigenvalue weighted by atomic mass is 10.2. The van der Waals surface area contributed by atoms with Crippen molar-refractivity contribution in [3.8, 4) is 11.5 Å². The maximum atomic E-state index is 14.4. The third kappa shape index (κ3) is 6.21. The Hall–Kier alpha value is -4.24. The summed E-state index contributed by atoms with van der Waals surface area (Å²) in [6.45, 7) is 1.99. The van der Waals surface area contributed by atoms with Crippen molar-refractivity contribution in [3.05, 3.63) is 114 Å². The maximum Gasteiger partial charge on any atom is 0.261 e. The standard InChI is InChI=1S/C26H22FN3O4S/c1-18-4-9-21(10-5-18)30-35(32,33)23-11-7-20(8-12-23)26(31)29-16-19-6-13-25(24(27)15-19)34-22-3-2-14-28-17-22/h2-15,17,30H,16H2,1H3,(H,29,31). The molecule has 0 saturated carbocycles. The van der Waals surface area contributed by atoms with E-state index in [9.17, 15) is 17.6 Å². The Morgan fingerprint density at radius 1 is 1.00 bits per heavy atom. The van der Waals surface area contributed by atoms with E-state index in [1.54, 1.807) is 48.7 Å². The number of hydrogen-bond acceptors (Lipinski definition) is 5. The van der Waals surface area contributed by atoms with Gasteiger partial charge in [0.25, 0.3) is 15.9 Å². The highest BCUT2D eigenvalue weighted by molar-refractivity contribution is 7.92. The number of amides is 1. The molecular formula is C26H22FN3O4S. The quantitative estimate of drug-likeness (QED) is 0.359. The van der Waals surface area contributed by atoms with Gasteiger partial charge in [0.1, 0.15) is 5.75 Å². The highest BCUT2D eigenvalue weighted by Gasteiger charge is 2.15. The van der Waals surface area contributed by atoms with Crippen molar-refractivity contribution in [2.45, 2.75) is 18.4 Å². The predicted octanol–water partition coefficient (Wildman–Crippen LogP) is 5.05. The first-order valence-electron chi connectivity index (χ1n) is 10.6. The van der Waals surface area contributed by atoms with Crippen LogP contribution in [0.4, 0.5) is 10.1 Å². The molecule has 178 valence electrons. The Balaban J connectivity index is 1.36.